The molecular formula is C41H77O12P. The first-order chi connectivity index (χ1) is 26.0. The number of aliphatic hydroxyl groups excluding tert-OH is 5. The van der Waals surface area contributed by atoms with E-state index in [-0.39, 0.29) is 13.0 Å². The first-order valence-electron chi connectivity index (χ1n) is 21.2. The maximum absolute atomic E-state index is 12.8. The van der Waals surface area contributed by atoms with Crippen LogP contribution in [0.15, 0.2) is 24.3 Å². The predicted octanol–water partition coefficient (Wildman–Crippen LogP) is 7.75. The van der Waals surface area contributed by atoms with Crippen LogP contribution in [0, 0.1) is 0 Å². The average Bonchev–Trinajstić information content (AvgIpc) is 3.15. The average molecular weight is 793 g/mol. The van der Waals surface area contributed by atoms with Crippen molar-refractivity contribution in [2.45, 2.75) is 211 Å². The maximum atomic E-state index is 12.8. The Morgan fingerprint density at radius 3 is 1.54 bits per heavy atom. The molecule has 6 atom stereocenters. The number of phosphoric acid groups is 1. The van der Waals surface area contributed by atoms with Crippen molar-refractivity contribution in [2.75, 3.05) is 19.8 Å². The fourth-order valence-corrected chi connectivity index (χ4v) is 7.32. The third-order valence-corrected chi connectivity index (χ3v) is 10.8. The highest BCUT2D eigenvalue weighted by molar-refractivity contribution is 7.47. The number of ether oxygens (including phenoxy) is 2. The van der Waals surface area contributed by atoms with Gasteiger partial charge in [0.25, 0.3) is 0 Å². The standard InChI is InChI=1S/C41H77O12P/c1-3-5-7-9-11-13-15-16-17-18-19-20-21-23-25-27-29-31-50-32-34(52-35(42)30-28-26-24-22-14-12-10-8-6-4-2)33-51-54(48,49)53-41-39(46)37(44)36(43)38(45)40(41)47/h8,10,17-18,34,36-41,43-47H,3-7,9,11-16,19-33H2,1-2H3,(H,48,49)/b10-8-,18-17-. The van der Waals surface area contributed by atoms with Gasteiger partial charge in [0.1, 0.15) is 42.7 Å². The summed E-state index contributed by atoms with van der Waals surface area (Å²) >= 11 is 0. The molecule has 0 aromatic carbocycles. The number of phosphoric ester groups is 1. The quantitative estimate of drug-likeness (QED) is 0.0159. The molecule has 0 saturated heterocycles. The summed E-state index contributed by atoms with van der Waals surface area (Å²) in [5.74, 6) is -0.491. The van der Waals surface area contributed by atoms with Crippen molar-refractivity contribution >= 4 is 13.8 Å². The van der Waals surface area contributed by atoms with Gasteiger partial charge in [-0.15, -0.1) is 0 Å². The van der Waals surface area contributed by atoms with E-state index in [1.807, 2.05) is 0 Å². The summed E-state index contributed by atoms with van der Waals surface area (Å²) in [4.78, 5) is 23.0. The molecule has 0 aromatic rings. The second kappa shape index (κ2) is 32.9. The van der Waals surface area contributed by atoms with E-state index in [4.69, 9.17) is 18.5 Å². The molecular weight excluding hydrogens is 715 g/mol. The highest BCUT2D eigenvalue weighted by Crippen LogP contribution is 2.47. The van der Waals surface area contributed by atoms with Gasteiger partial charge in [0.2, 0.25) is 0 Å². The molecule has 54 heavy (non-hydrogen) atoms. The maximum Gasteiger partial charge on any atom is 0.472 e. The lowest BCUT2D eigenvalue weighted by Gasteiger charge is -2.41. The van der Waals surface area contributed by atoms with Crippen molar-refractivity contribution in [3.8, 4) is 0 Å². The monoisotopic (exact) mass is 793 g/mol. The molecule has 0 amide bonds. The summed E-state index contributed by atoms with van der Waals surface area (Å²) in [7, 11) is -5.01. The van der Waals surface area contributed by atoms with E-state index in [1.54, 1.807) is 0 Å². The minimum absolute atomic E-state index is 0.0826. The lowest BCUT2D eigenvalue weighted by atomic mass is 9.85. The number of esters is 1. The molecule has 12 nitrogen and oxygen atoms in total. The van der Waals surface area contributed by atoms with Crippen LogP contribution in [0.5, 0.6) is 0 Å². The summed E-state index contributed by atoms with van der Waals surface area (Å²) in [6.07, 6.45) is 22.6. The Morgan fingerprint density at radius 2 is 1.02 bits per heavy atom. The molecule has 1 aliphatic rings. The Kier molecular flexibility index (Phi) is 30.9. The van der Waals surface area contributed by atoms with Crippen LogP contribution >= 0.6 is 7.82 Å². The smallest absolute Gasteiger partial charge is 0.457 e. The zero-order chi connectivity index (χ0) is 39.9. The van der Waals surface area contributed by atoms with Crippen molar-refractivity contribution < 1.29 is 58.3 Å². The summed E-state index contributed by atoms with van der Waals surface area (Å²) in [6.45, 7) is 4.15. The lowest BCUT2D eigenvalue weighted by molar-refractivity contribution is -0.220. The van der Waals surface area contributed by atoms with E-state index in [1.165, 1.54) is 64.2 Å². The van der Waals surface area contributed by atoms with Gasteiger partial charge in [-0.05, 0) is 57.8 Å². The Labute approximate surface area is 326 Å². The second-order valence-electron chi connectivity index (χ2n) is 14.8. The molecule has 0 aromatic heterocycles. The zero-order valence-electron chi connectivity index (χ0n) is 33.5. The number of hydrogen-bond donors (Lipinski definition) is 6. The van der Waals surface area contributed by atoms with Crippen molar-refractivity contribution in [2.24, 2.45) is 0 Å². The number of carbonyl (C=O) groups excluding carboxylic acids is 1. The molecule has 318 valence electrons. The third kappa shape index (κ3) is 25.1. The van der Waals surface area contributed by atoms with Crippen LogP contribution in [-0.2, 0) is 27.9 Å². The number of unbranched alkanes of at least 4 members (excludes halogenated alkanes) is 19. The van der Waals surface area contributed by atoms with Crippen LogP contribution in [0.25, 0.3) is 0 Å². The van der Waals surface area contributed by atoms with Gasteiger partial charge in [-0.3, -0.25) is 13.8 Å². The fraction of sp³-hybridized carbons (Fsp3) is 0.878. The van der Waals surface area contributed by atoms with Crippen molar-refractivity contribution in [1.82, 2.24) is 0 Å². The van der Waals surface area contributed by atoms with Crippen molar-refractivity contribution in [3.63, 3.8) is 0 Å². The lowest BCUT2D eigenvalue weighted by Crippen LogP contribution is -2.64. The number of allylic oxidation sites excluding steroid dienone is 4. The van der Waals surface area contributed by atoms with Crippen LogP contribution in [-0.4, -0.2) is 98.9 Å². The fourth-order valence-electron chi connectivity index (χ4n) is 6.35. The number of rotatable bonds is 35. The van der Waals surface area contributed by atoms with Gasteiger partial charge >= 0.3 is 13.8 Å². The van der Waals surface area contributed by atoms with Crippen molar-refractivity contribution in [3.05, 3.63) is 24.3 Å². The van der Waals surface area contributed by atoms with Gasteiger partial charge in [0.05, 0.1) is 13.2 Å². The summed E-state index contributed by atoms with van der Waals surface area (Å²) in [5.41, 5.74) is 0. The molecule has 0 heterocycles. The summed E-state index contributed by atoms with van der Waals surface area (Å²) in [5, 5.41) is 50.0. The Balaban J connectivity index is 2.41. The normalized spacial score (nSPS) is 23.6. The number of aliphatic hydroxyl groups is 5. The van der Waals surface area contributed by atoms with E-state index in [9.17, 15) is 39.8 Å². The minimum atomic E-state index is -5.01. The third-order valence-electron chi connectivity index (χ3n) is 9.78. The molecule has 1 rings (SSSR count). The molecule has 0 radical (unpaired) electrons. The van der Waals surface area contributed by atoms with E-state index in [0.29, 0.717) is 13.0 Å². The van der Waals surface area contributed by atoms with Gasteiger partial charge in [0, 0.05) is 13.0 Å². The number of hydrogen-bond acceptors (Lipinski definition) is 11. The molecule has 6 N–H and O–H groups in total. The number of carbonyl (C=O) groups is 1. The first-order valence-corrected chi connectivity index (χ1v) is 22.7. The van der Waals surface area contributed by atoms with E-state index in [0.717, 1.165) is 77.0 Å². The zero-order valence-corrected chi connectivity index (χ0v) is 34.4. The van der Waals surface area contributed by atoms with E-state index >= 15 is 0 Å². The SMILES string of the molecule is CCC/C=C\CCCCCCCC(=O)OC(COCCCCCCCC/C=C\CCCCCCCCC)COP(=O)(O)OC1C(O)C(O)C(O)C(O)C1O. The van der Waals surface area contributed by atoms with E-state index in [2.05, 4.69) is 38.2 Å². The molecule has 1 aliphatic carbocycles. The molecule has 0 bridgehead atoms. The van der Waals surface area contributed by atoms with Gasteiger partial charge in [-0.2, -0.15) is 0 Å². The predicted molar refractivity (Wildman–Crippen MR) is 212 cm³/mol. The van der Waals surface area contributed by atoms with Gasteiger partial charge in [0.15, 0.2) is 0 Å². The second-order valence-corrected chi connectivity index (χ2v) is 16.2. The molecule has 0 aliphatic heterocycles. The Bertz CT molecular complexity index is 995. The largest absolute Gasteiger partial charge is 0.472 e. The molecule has 0 spiro atoms. The highest BCUT2D eigenvalue weighted by Gasteiger charge is 2.51. The Hall–Kier alpha value is -1.18. The van der Waals surface area contributed by atoms with Gasteiger partial charge in [-0.25, -0.2) is 4.57 Å². The Morgan fingerprint density at radius 1 is 0.574 bits per heavy atom. The molecule has 6 unspecified atom stereocenters. The van der Waals surface area contributed by atoms with Crippen LogP contribution < -0.4 is 0 Å². The first kappa shape index (κ1) is 50.8. The molecule has 13 heteroatoms. The molecule has 1 fully saturated rings. The minimum Gasteiger partial charge on any atom is -0.457 e. The van der Waals surface area contributed by atoms with Crippen LogP contribution in [0.3, 0.4) is 0 Å². The van der Waals surface area contributed by atoms with Crippen LogP contribution in [0.4, 0.5) is 0 Å². The summed E-state index contributed by atoms with van der Waals surface area (Å²) in [6, 6.07) is 0. The van der Waals surface area contributed by atoms with Crippen LogP contribution in [0.1, 0.15) is 168 Å². The molecule has 1 saturated carbocycles. The highest BCUT2D eigenvalue weighted by atomic mass is 31.2. The summed E-state index contributed by atoms with van der Waals surface area (Å²) < 4.78 is 34.0. The van der Waals surface area contributed by atoms with Crippen LogP contribution in [0.2, 0.25) is 0 Å². The van der Waals surface area contributed by atoms with Gasteiger partial charge < -0.3 is 39.9 Å². The van der Waals surface area contributed by atoms with E-state index < -0.39 is 63.1 Å². The van der Waals surface area contributed by atoms with Crippen molar-refractivity contribution in [1.29, 1.82) is 0 Å². The topological polar surface area (TPSA) is 192 Å². The van der Waals surface area contributed by atoms with Gasteiger partial charge in [-0.1, -0.05) is 128 Å².